The van der Waals surface area contributed by atoms with Crippen molar-refractivity contribution in [2.45, 2.75) is 13.3 Å². The number of nitrogens with zero attached hydrogens (tertiary/aromatic N) is 1. The number of fused-ring (bicyclic) bond motifs is 1. The van der Waals surface area contributed by atoms with Gasteiger partial charge in [-0.2, -0.15) is 0 Å². The third-order valence-corrected chi connectivity index (χ3v) is 4.10. The molecule has 0 spiro atoms. The Morgan fingerprint density at radius 3 is 2.26 bits per heavy atom. The minimum Gasteiger partial charge on any atom is -0.274 e. The Labute approximate surface area is 112 Å². The average Bonchev–Trinajstić information content (AvgIpc) is 2.65. The molecule has 1 aliphatic heterocycles. The normalized spacial score (nSPS) is 14.8. The number of hydrogen-bond donors (Lipinski definition) is 0. The molecule has 0 saturated heterocycles. The summed E-state index contributed by atoms with van der Waals surface area (Å²) in [6.07, 6.45) is 0.844. The van der Waals surface area contributed by atoms with Crippen molar-refractivity contribution >= 4 is 19.8 Å². The van der Waals surface area contributed by atoms with Crippen molar-refractivity contribution in [2.24, 2.45) is 0 Å². The number of hydrogen-bond acceptors (Lipinski definition) is 4. The number of imide groups is 1. The number of carbonyl (C=O) groups is 2. The van der Waals surface area contributed by atoms with Crippen LogP contribution >= 0.6 is 8.03 Å². The Morgan fingerprint density at radius 2 is 1.74 bits per heavy atom. The molecule has 2 rings (SSSR count). The quantitative estimate of drug-likeness (QED) is 0.593. The molecule has 1 aromatic carbocycles. The topological polar surface area (TPSA) is 63.7 Å². The summed E-state index contributed by atoms with van der Waals surface area (Å²) in [5.41, 5.74) is 0.892. The van der Waals surface area contributed by atoms with Gasteiger partial charge < -0.3 is 0 Å². The molecule has 100 valence electrons. The summed E-state index contributed by atoms with van der Waals surface area (Å²) in [5, 5.41) is 0. The van der Waals surface area contributed by atoms with E-state index >= 15 is 0 Å². The first kappa shape index (κ1) is 13.8. The second-order valence-electron chi connectivity index (χ2n) is 4.14. The molecule has 1 unspecified atom stereocenters. The SMILES string of the molecule is CCO[P+](=O)CCCN1C(=O)c2ccccc2C1=O. The Kier molecular flexibility index (Phi) is 4.40. The highest BCUT2D eigenvalue weighted by molar-refractivity contribution is 7.39. The van der Waals surface area contributed by atoms with Crippen molar-refractivity contribution < 1.29 is 18.7 Å². The smallest absolute Gasteiger partial charge is 0.274 e. The summed E-state index contributed by atoms with van der Waals surface area (Å²) in [6.45, 7) is 2.46. The van der Waals surface area contributed by atoms with Crippen LogP contribution in [0.3, 0.4) is 0 Å². The highest BCUT2D eigenvalue weighted by Gasteiger charge is 2.35. The molecule has 6 heteroatoms. The van der Waals surface area contributed by atoms with E-state index in [9.17, 15) is 14.2 Å². The number of rotatable bonds is 6. The van der Waals surface area contributed by atoms with Gasteiger partial charge in [-0.3, -0.25) is 14.5 Å². The largest absolute Gasteiger partial charge is 0.508 e. The number of amides is 2. The number of carbonyl (C=O) groups excluding carboxylic acids is 2. The van der Waals surface area contributed by atoms with Gasteiger partial charge in [0.2, 0.25) is 0 Å². The van der Waals surface area contributed by atoms with Crippen LogP contribution in [0.1, 0.15) is 34.1 Å². The van der Waals surface area contributed by atoms with Gasteiger partial charge in [0, 0.05) is 13.0 Å². The molecule has 0 N–H and O–H groups in total. The molecule has 2 amide bonds. The summed E-state index contributed by atoms with van der Waals surface area (Å²) in [7, 11) is -1.69. The second-order valence-corrected chi connectivity index (χ2v) is 5.51. The van der Waals surface area contributed by atoms with Crippen LogP contribution in [0.4, 0.5) is 0 Å². The van der Waals surface area contributed by atoms with Gasteiger partial charge in [-0.1, -0.05) is 12.1 Å². The maximum atomic E-state index is 12.0. The van der Waals surface area contributed by atoms with Crippen LogP contribution < -0.4 is 0 Å². The van der Waals surface area contributed by atoms with Crippen LogP contribution in [0.15, 0.2) is 24.3 Å². The second kappa shape index (κ2) is 6.04. The van der Waals surface area contributed by atoms with Crippen molar-refractivity contribution in [3.8, 4) is 0 Å². The van der Waals surface area contributed by atoms with Crippen LogP contribution in [0.2, 0.25) is 0 Å². The average molecular weight is 280 g/mol. The van der Waals surface area contributed by atoms with Crippen molar-refractivity contribution in [1.82, 2.24) is 4.90 Å². The fourth-order valence-electron chi connectivity index (χ4n) is 2.01. The van der Waals surface area contributed by atoms with Crippen LogP contribution in [0.5, 0.6) is 0 Å². The zero-order chi connectivity index (χ0) is 13.8. The molecule has 0 saturated carbocycles. The molecule has 0 fully saturated rings. The van der Waals surface area contributed by atoms with Crippen molar-refractivity contribution in [1.29, 1.82) is 0 Å². The van der Waals surface area contributed by atoms with E-state index < -0.39 is 8.03 Å². The van der Waals surface area contributed by atoms with E-state index in [0.717, 1.165) is 0 Å². The fourth-order valence-corrected chi connectivity index (χ4v) is 2.83. The van der Waals surface area contributed by atoms with Gasteiger partial charge in [0.15, 0.2) is 6.16 Å². The van der Waals surface area contributed by atoms with Crippen LogP contribution in [0, 0.1) is 0 Å². The van der Waals surface area contributed by atoms with Gasteiger partial charge in [0.25, 0.3) is 11.8 Å². The van der Waals surface area contributed by atoms with E-state index in [1.54, 1.807) is 31.2 Å². The van der Waals surface area contributed by atoms with Crippen LogP contribution in [-0.4, -0.2) is 36.0 Å². The molecule has 19 heavy (non-hydrogen) atoms. The van der Waals surface area contributed by atoms with Gasteiger partial charge >= 0.3 is 8.03 Å². The molecule has 1 aliphatic rings. The van der Waals surface area contributed by atoms with E-state index in [0.29, 0.717) is 30.3 Å². The van der Waals surface area contributed by atoms with Crippen molar-refractivity contribution in [3.63, 3.8) is 0 Å². The lowest BCUT2D eigenvalue weighted by Gasteiger charge is -2.11. The molecule has 0 radical (unpaired) electrons. The molecular formula is C13H15NO4P+. The molecular weight excluding hydrogens is 265 g/mol. The first-order valence-corrected chi connectivity index (χ1v) is 7.54. The Hall–Kier alpha value is -1.58. The van der Waals surface area contributed by atoms with Crippen molar-refractivity contribution in [3.05, 3.63) is 35.4 Å². The van der Waals surface area contributed by atoms with E-state index in [1.807, 2.05) is 0 Å². The van der Waals surface area contributed by atoms with E-state index in [4.69, 9.17) is 4.52 Å². The minimum atomic E-state index is -1.69. The minimum absolute atomic E-state index is 0.271. The van der Waals surface area contributed by atoms with Gasteiger partial charge in [0.1, 0.15) is 0 Å². The Bertz CT molecular complexity index is 494. The third kappa shape index (κ3) is 2.88. The lowest BCUT2D eigenvalue weighted by Crippen LogP contribution is -2.31. The molecule has 1 atom stereocenters. The standard InChI is InChI=1S/C13H15NO4P/c1-2-18-19(17)9-5-8-14-12(15)10-6-3-4-7-11(10)13(14)16/h3-4,6-7H,2,5,8-9H2,1H3/q+1. The molecule has 5 nitrogen and oxygen atoms in total. The highest BCUT2D eigenvalue weighted by atomic mass is 31.1. The van der Waals surface area contributed by atoms with Gasteiger partial charge in [0.05, 0.1) is 17.7 Å². The van der Waals surface area contributed by atoms with Crippen LogP contribution in [-0.2, 0) is 9.09 Å². The summed E-state index contributed by atoms with van der Waals surface area (Å²) < 4.78 is 16.3. The lowest BCUT2D eigenvalue weighted by molar-refractivity contribution is 0.0654. The highest BCUT2D eigenvalue weighted by Crippen LogP contribution is 2.25. The monoisotopic (exact) mass is 280 g/mol. The third-order valence-electron chi connectivity index (χ3n) is 2.87. The van der Waals surface area contributed by atoms with E-state index in [1.165, 1.54) is 4.90 Å². The summed E-state index contributed by atoms with van der Waals surface area (Å²) in [5.74, 6) is -0.542. The maximum Gasteiger partial charge on any atom is 0.508 e. The lowest BCUT2D eigenvalue weighted by atomic mass is 10.1. The molecule has 0 aromatic heterocycles. The van der Waals surface area contributed by atoms with Gasteiger partial charge in [-0.25, -0.2) is 0 Å². The molecule has 0 aliphatic carbocycles. The number of benzene rings is 1. The van der Waals surface area contributed by atoms with Crippen LogP contribution in [0.25, 0.3) is 0 Å². The summed E-state index contributed by atoms with van der Waals surface area (Å²) in [6, 6.07) is 6.77. The zero-order valence-corrected chi connectivity index (χ0v) is 11.6. The Morgan fingerprint density at radius 1 is 1.16 bits per heavy atom. The zero-order valence-electron chi connectivity index (χ0n) is 10.7. The van der Waals surface area contributed by atoms with E-state index in [2.05, 4.69) is 0 Å². The predicted octanol–water partition coefficient (Wildman–Crippen LogP) is 2.45. The fraction of sp³-hybridized carbons (Fsp3) is 0.385. The molecule has 1 aromatic rings. The first-order valence-electron chi connectivity index (χ1n) is 6.18. The van der Waals surface area contributed by atoms with Gasteiger partial charge in [-0.05, 0) is 23.6 Å². The van der Waals surface area contributed by atoms with Gasteiger partial charge in [-0.15, -0.1) is 4.52 Å². The van der Waals surface area contributed by atoms with Crippen molar-refractivity contribution in [2.75, 3.05) is 19.3 Å². The molecule has 1 heterocycles. The van der Waals surface area contributed by atoms with E-state index in [-0.39, 0.29) is 18.4 Å². The first-order chi connectivity index (χ1) is 9.15. The summed E-state index contributed by atoms with van der Waals surface area (Å²) in [4.78, 5) is 25.2. The molecule has 0 bridgehead atoms. The Balaban J connectivity index is 1.95. The summed E-state index contributed by atoms with van der Waals surface area (Å²) >= 11 is 0. The predicted molar refractivity (Wildman–Crippen MR) is 70.5 cm³/mol. The maximum absolute atomic E-state index is 12.0.